The first-order valence-electron chi connectivity index (χ1n) is 9.33. The second kappa shape index (κ2) is 6.68. The van der Waals surface area contributed by atoms with Crippen LogP contribution in [0.3, 0.4) is 0 Å². The van der Waals surface area contributed by atoms with E-state index in [4.69, 9.17) is 0 Å². The molecule has 8 heteroatoms. The van der Waals surface area contributed by atoms with Gasteiger partial charge in [0.25, 0.3) is 5.91 Å². The van der Waals surface area contributed by atoms with E-state index in [-0.39, 0.29) is 30.8 Å². The summed E-state index contributed by atoms with van der Waals surface area (Å²) in [6.45, 7) is 1.96. The van der Waals surface area contributed by atoms with Crippen molar-refractivity contribution in [2.75, 3.05) is 6.54 Å². The maximum Gasteiger partial charge on any atom is 0.325 e. The van der Waals surface area contributed by atoms with Gasteiger partial charge >= 0.3 is 6.03 Å². The summed E-state index contributed by atoms with van der Waals surface area (Å²) in [4.78, 5) is 43.0. The summed E-state index contributed by atoms with van der Waals surface area (Å²) in [7, 11) is 0. The van der Waals surface area contributed by atoms with E-state index in [9.17, 15) is 14.4 Å². The predicted molar refractivity (Wildman–Crippen MR) is 97.6 cm³/mol. The molecule has 4 rings (SSSR count). The van der Waals surface area contributed by atoms with Gasteiger partial charge in [-0.05, 0) is 30.9 Å². The third-order valence-electron chi connectivity index (χ3n) is 5.68. The molecule has 0 radical (unpaired) electrons. The molecule has 1 spiro atoms. The first-order valence-corrected chi connectivity index (χ1v) is 9.33. The number of fused-ring (bicyclic) bond motifs is 1. The van der Waals surface area contributed by atoms with Gasteiger partial charge in [0.05, 0.1) is 12.2 Å². The summed E-state index contributed by atoms with van der Waals surface area (Å²) in [5, 5.41) is 5.60. The maximum absolute atomic E-state index is 12.9. The third kappa shape index (κ3) is 3.05. The average Bonchev–Trinajstić information content (AvgIpc) is 3.17. The molecule has 2 fully saturated rings. The Labute approximate surface area is 156 Å². The van der Waals surface area contributed by atoms with E-state index in [2.05, 4.69) is 15.6 Å². The van der Waals surface area contributed by atoms with Crippen LogP contribution in [-0.4, -0.2) is 44.2 Å². The zero-order chi connectivity index (χ0) is 19.0. The lowest BCUT2D eigenvalue weighted by Crippen LogP contribution is -2.54. The fraction of sp³-hybridized carbons (Fsp3) is 0.474. The summed E-state index contributed by atoms with van der Waals surface area (Å²) in [6.07, 6.45) is 7.22. The van der Waals surface area contributed by atoms with Gasteiger partial charge in [-0.1, -0.05) is 25.8 Å². The normalized spacial score (nSPS) is 25.2. The van der Waals surface area contributed by atoms with Crippen LogP contribution in [0.5, 0.6) is 0 Å². The molecule has 1 aliphatic heterocycles. The van der Waals surface area contributed by atoms with Crippen molar-refractivity contribution in [2.45, 2.75) is 44.7 Å². The highest BCUT2D eigenvalue weighted by molar-refractivity contribution is 6.09. The molecule has 0 unspecified atom stereocenters. The number of amides is 4. The fourth-order valence-corrected chi connectivity index (χ4v) is 4.10. The van der Waals surface area contributed by atoms with Crippen LogP contribution in [0.4, 0.5) is 4.79 Å². The van der Waals surface area contributed by atoms with E-state index in [1.165, 1.54) is 0 Å². The van der Waals surface area contributed by atoms with Crippen LogP contribution in [0.2, 0.25) is 0 Å². The Morgan fingerprint density at radius 1 is 1.37 bits per heavy atom. The summed E-state index contributed by atoms with van der Waals surface area (Å²) < 4.78 is 1.87. The molecule has 8 nitrogen and oxygen atoms in total. The van der Waals surface area contributed by atoms with Crippen molar-refractivity contribution in [2.24, 2.45) is 5.92 Å². The van der Waals surface area contributed by atoms with Crippen molar-refractivity contribution >= 4 is 23.5 Å². The number of imide groups is 1. The number of urea groups is 1. The summed E-state index contributed by atoms with van der Waals surface area (Å²) in [5.74, 6) is -0.576. The Bertz CT molecular complexity index is 875. The molecule has 0 bridgehead atoms. The van der Waals surface area contributed by atoms with Gasteiger partial charge in [-0.25, -0.2) is 9.78 Å². The number of nitrogens with one attached hydrogen (secondary N) is 2. The molecule has 1 aliphatic carbocycles. The SMILES string of the molecule is C[C@H]1CCCC[C@@]12NC(=O)N(CC(=O)NCc1cn3ccccc3n1)C2=O. The Morgan fingerprint density at radius 2 is 2.22 bits per heavy atom. The van der Waals surface area contributed by atoms with Crippen LogP contribution in [0.1, 0.15) is 38.3 Å². The number of carbonyl (C=O) groups is 3. The van der Waals surface area contributed by atoms with E-state index in [0.717, 1.165) is 29.8 Å². The second-order valence-electron chi connectivity index (χ2n) is 7.41. The highest BCUT2D eigenvalue weighted by Crippen LogP contribution is 2.38. The monoisotopic (exact) mass is 369 g/mol. The minimum absolute atomic E-state index is 0.0775. The quantitative estimate of drug-likeness (QED) is 0.798. The number of aromatic nitrogens is 2. The highest BCUT2D eigenvalue weighted by Gasteiger charge is 2.55. The molecule has 2 aromatic rings. The molecule has 1 saturated carbocycles. The van der Waals surface area contributed by atoms with Crippen molar-refractivity contribution in [3.8, 4) is 0 Å². The number of rotatable bonds is 4. The Morgan fingerprint density at radius 3 is 3.00 bits per heavy atom. The molecule has 2 atom stereocenters. The highest BCUT2D eigenvalue weighted by atomic mass is 16.2. The van der Waals surface area contributed by atoms with Crippen LogP contribution in [0.25, 0.3) is 5.65 Å². The Kier molecular flexibility index (Phi) is 4.33. The van der Waals surface area contributed by atoms with Crippen molar-refractivity contribution in [1.29, 1.82) is 0 Å². The van der Waals surface area contributed by atoms with E-state index < -0.39 is 11.6 Å². The topological polar surface area (TPSA) is 95.8 Å². The molecule has 2 aliphatic rings. The van der Waals surface area contributed by atoms with Gasteiger partial charge in [-0.3, -0.25) is 14.5 Å². The van der Waals surface area contributed by atoms with Gasteiger partial charge in [0.1, 0.15) is 17.7 Å². The largest absolute Gasteiger partial charge is 0.349 e. The fourth-order valence-electron chi connectivity index (χ4n) is 4.10. The number of hydrogen-bond acceptors (Lipinski definition) is 4. The van der Waals surface area contributed by atoms with Gasteiger partial charge in [-0.2, -0.15) is 0 Å². The average molecular weight is 369 g/mol. The number of pyridine rings is 1. The van der Waals surface area contributed by atoms with Gasteiger partial charge in [0, 0.05) is 12.4 Å². The molecular weight excluding hydrogens is 346 g/mol. The van der Waals surface area contributed by atoms with E-state index >= 15 is 0 Å². The predicted octanol–water partition coefficient (Wildman–Crippen LogP) is 1.45. The van der Waals surface area contributed by atoms with Crippen molar-refractivity contribution in [1.82, 2.24) is 24.9 Å². The number of nitrogens with zero attached hydrogens (tertiary/aromatic N) is 3. The lowest BCUT2D eigenvalue weighted by molar-refractivity contribution is -0.137. The summed E-state index contributed by atoms with van der Waals surface area (Å²) >= 11 is 0. The van der Waals surface area contributed by atoms with Gasteiger partial charge in [0.2, 0.25) is 5.91 Å². The van der Waals surface area contributed by atoms with E-state index in [1.807, 2.05) is 41.9 Å². The van der Waals surface area contributed by atoms with Crippen molar-refractivity contribution in [3.05, 3.63) is 36.3 Å². The first-order chi connectivity index (χ1) is 13.0. The smallest absolute Gasteiger partial charge is 0.325 e. The second-order valence-corrected chi connectivity index (χ2v) is 7.41. The minimum Gasteiger partial charge on any atom is -0.349 e. The first kappa shape index (κ1) is 17.5. The number of carbonyl (C=O) groups excluding carboxylic acids is 3. The number of hydrogen-bond donors (Lipinski definition) is 2. The van der Waals surface area contributed by atoms with E-state index in [0.29, 0.717) is 12.1 Å². The van der Waals surface area contributed by atoms with Gasteiger partial charge < -0.3 is 15.0 Å². The summed E-state index contributed by atoms with van der Waals surface area (Å²) in [6, 6.07) is 5.20. The van der Waals surface area contributed by atoms with Gasteiger partial charge in [0.15, 0.2) is 0 Å². The van der Waals surface area contributed by atoms with Crippen molar-refractivity contribution < 1.29 is 14.4 Å². The lowest BCUT2D eigenvalue weighted by Gasteiger charge is -2.36. The van der Waals surface area contributed by atoms with Crippen LogP contribution in [0, 0.1) is 5.92 Å². The van der Waals surface area contributed by atoms with Crippen LogP contribution in [-0.2, 0) is 16.1 Å². The zero-order valence-electron chi connectivity index (χ0n) is 15.3. The summed E-state index contributed by atoms with van der Waals surface area (Å²) in [5.41, 5.74) is 0.671. The molecule has 0 aromatic carbocycles. The number of imidazole rings is 1. The third-order valence-corrected chi connectivity index (χ3v) is 5.68. The molecule has 2 aromatic heterocycles. The van der Waals surface area contributed by atoms with Crippen LogP contribution >= 0.6 is 0 Å². The van der Waals surface area contributed by atoms with Crippen molar-refractivity contribution in [3.63, 3.8) is 0 Å². The standard InChI is InChI=1S/C19H23N5O3/c1-13-6-2-4-8-19(13)17(26)24(18(27)22-19)12-16(25)20-10-14-11-23-9-5-3-7-15(23)21-14/h3,5,7,9,11,13H,2,4,6,8,10,12H2,1H3,(H,20,25)(H,22,27)/t13-,19+/m0/s1. The molecule has 4 amide bonds. The Hall–Kier alpha value is -2.90. The van der Waals surface area contributed by atoms with Gasteiger partial charge in [-0.15, -0.1) is 0 Å². The Balaban J connectivity index is 1.39. The molecule has 3 heterocycles. The van der Waals surface area contributed by atoms with Crippen LogP contribution < -0.4 is 10.6 Å². The molecule has 142 valence electrons. The van der Waals surface area contributed by atoms with Crippen LogP contribution in [0.15, 0.2) is 30.6 Å². The molecule has 2 N–H and O–H groups in total. The zero-order valence-corrected chi connectivity index (χ0v) is 15.3. The molecular formula is C19H23N5O3. The molecule has 1 saturated heterocycles. The minimum atomic E-state index is -0.836. The maximum atomic E-state index is 12.9. The van der Waals surface area contributed by atoms with E-state index in [1.54, 1.807) is 0 Å². The molecule has 27 heavy (non-hydrogen) atoms. The lowest BCUT2D eigenvalue weighted by atomic mass is 9.73.